The quantitative estimate of drug-likeness (QED) is 0.432. The lowest BCUT2D eigenvalue weighted by molar-refractivity contribution is -0.122. The third kappa shape index (κ3) is 22.8. The first-order valence-electron chi connectivity index (χ1n) is 3.76. The van der Waals surface area contributed by atoms with Crippen LogP contribution >= 0.6 is 0 Å². The topological polar surface area (TPSA) is 81.8 Å². The molecule has 0 rings (SSSR count). The van der Waals surface area contributed by atoms with Crippen LogP contribution in [-0.2, 0) is 14.3 Å². The molecule has 0 aliphatic carbocycles. The second kappa shape index (κ2) is 16.7. The molecule has 12 heavy (non-hydrogen) atoms. The van der Waals surface area contributed by atoms with Gasteiger partial charge in [0.2, 0.25) is 0 Å². The summed E-state index contributed by atoms with van der Waals surface area (Å²) in [5.41, 5.74) is 5.18. The fraction of sp³-hybridized carbons (Fsp3) is 0.857. The van der Waals surface area contributed by atoms with Gasteiger partial charge in [-0.1, -0.05) is 0 Å². The monoisotopic (exact) mass is 179 g/mol. The summed E-state index contributed by atoms with van der Waals surface area (Å²) in [6, 6.07) is 0. The molecular weight excluding hydrogens is 162 g/mol. The van der Waals surface area contributed by atoms with Gasteiger partial charge < -0.3 is 20.3 Å². The maximum absolute atomic E-state index is 8.36. The molecule has 0 atom stereocenters. The van der Waals surface area contributed by atoms with E-state index in [2.05, 4.69) is 0 Å². The van der Waals surface area contributed by atoms with E-state index in [0.29, 0.717) is 26.4 Å². The average molecular weight is 179 g/mol. The minimum absolute atomic E-state index is 0.250. The van der Waals surface area contributed by atoms with Crippen LogP contribution in [0, 0.1) is 0 Å². The summed E-state index contributed by atoms with van der Waals surface area (Å²) in [5.74, 6) is 0. The molecule has 0 aromatic rings. The lowest BCUT2D eigenvalue weighted by Gasteiger charge is -2.00. The number of carboxylic acid groups (broad SMARTS) is 1. The van der Waals surface area contributed by atoms with Gasteiger partial charge in [0.25, 0.3) is 6.47 Å². The van der Waals surface area contributed by atoms with Gasteiger partial charge in [0.1, 0.15) is 0 Å². The van der Waals surface area contributed by atoms with Crippen LogP contribution in [0.5, 0.6) is 0 Å². The Hall–Kier alpha value is -0.650. The maximum Gasteiger partial charge on any atom is 0.290 e. The largest absolute Gasteiger partial charge is 0.483 e. The van der Waals surface area contributed by atoms with E-state index in [4.69, 9.17) is 25.1 Å². The molecule has 0 fully saturated rings. The zero-order chi connectivity index (χ0) is 9.66. The summed E-state index contributed by atoms with van der Waals surface area (Å²) in [7, 11) is 0. The van der Waals surface area contributed by atoms with Crippen molar-refractivity contribution in [1.82, 2.24) is 0 Å². The zero-order valence-corrected chi connectivity index (χ0v) is 7.36. The Bertz CT molecular complexity index is 73.8. The van der Waals surface area contributed by atoms with E-state index in [1.165, 1.54) is 0 Å². The van der Waals surface area contributed by atoms with Crippen molar-refractivity contribution in [3.63, 3.8) is 0 Å². The number of nitrogens with two attached hydrogens (primary N) is 1. The molecular formula is C7H17NO4. The Morgan fingerprint density at radius 1 is 1.33 bits per heavy atom. The molecule has 0 radical (unpaired) electrons. The van der Waals surface area contributed by atoms with Crippen molar-refractivity contribution in [2.24, 2.45) is 5.73 Å². The van der Waals surface area contributed by atoms with E-state index in [1.54, 1.807) is 0 Å². The van der Waals surface area contributed by atoms with Gasteiger partial charge in [-0.15, -0.1) is 0 Å². The average Bonchev–Trinajstić information content (AvgIpc) is 2.06. The molecule has 0 aliphatic heterocycles. The Kier molecular flexibility index (Phi) is 19.4. The lowest BCUT2D eigenvalue weighted by atomic mass is 10.7. The van der Waals surface area contributed by atoms with Gasteiger partial charge >= 0.3 is 0 Å². The van der Waals surface area contributed by atoms with Crippen LogP contribution in [0.4, 0.5) is 0 Å². The fourth-order valence-corrected chi connectivity index (χ4v) is 0.448. The van der Waals surface area contributed by atoms with Gasteiger partial charge in [-0.3, -0.25) is 4.79 Å². The van der Waals surface area contributed by atoms with Gasteiger partial charge in [0.15, 0.2) is 0 Å². The molecule has 0 unspecified atom stereocenters. The molecule has 0 saturated carbocycles. The van der Waals surface area contributed by atoms with E-state index in [9.17, 15) is 0 Å². The van der Waals surface area contributed by atoms with Gasteiger partial charge in [0, 0.05) is 13.2 Å². The van der Waals surface area contributed by atoms with Crippen LogP contribution in [0.1, 0.15) is 6.92 Å². The summed E-state index contributed by atoms with van der Waals surface area (Å²) in [5, 5.41) is 6.89. The molecule has 5 nitrogen and oxygen atoms in total. The summed E-state index contributed by atoms with van der Waals surface area (Å²) in [6.07, 6.45) is 0. The maximum atomic E-state index is 8.36. The molecule has 0 saturated heterocycles. The van der Waals surface area contributed by atoms with Crippen molar-refractivity contribution in [2.75, 3.05) is 33.0 Å². The van der Waals surface area contributed by atoms with Crippen LogP contribution in [-0.4, -0.2) is 44.6 Å². The Balaban J connectivity index is 0. The summed E-state index contributed by atoms with van der Waals surface area (Å²) in [6.45, 7) is 5.02. The van der Waals surface area contributed by atoms with Crippen LogP contribution in [0.25, 0.3) is 0 Å². The highest BCUT2D eigenvalue weighted by atomic mass is 16.5. The minimum Gasteiger partial charge on any atom is -0.483 e. The number of hydrogen-bond donors (Lipinski definition) is 2. The van der Waals surface area contributed by atoms with E-state index in [1.807, 2.05) is 6.92 Å². The third-order valence-corrected chi connectivity index (χ3v) is 0.838. The van der Waals surface area contributed by atoms with E-state index in [0.717, 1.165) is 6.61 Å². The smallest absolute Gasteiger partial charge is 0.290 e. The first kappa shape index (κ1) is 13.9. The second-order valence-corrected chi connectivity index (χ2v) is 1.70. The van der Waals surface area contributed by atoms with Gasteiger partial charge in [-0.25, -0.2) is 0 Å². The predicted octanol–water partition coefficient (Wildman–Crippen LogP) is -0.301. The molecule has 5 heteroatoms. The molecule has 3 N–H and O–H groups in total. The summed E-state index contributed by atoms with van der Waals surface area (Å²) in [4.78, 5) is 8.36. The third-order valence-electron chi connectivity index (χ3n) is 0.838. The highest BCUT2D eigenvalue weighted by Gasteiger charge is 1.83. The van der Waals surface area contributed by atoms with Crippen molar-refractivity contribution in [3.8, 4) is 0 Å². The number of ether oxygens (including phenoxy) is 2. The van der Waals surface area contributed by atoms with Crippen molar-refractivity contribution in [1.29, 1.82) is 0 Å². The summed E-state index contributed by atoms with van der Waals surface area (Å²) < 4.78 is 10.0. The van der Waals surface area contributed by atoms with Gasteiger partial charge in [-0.05, 0) is 6.92 Å². The standard InChI is InChI=1S/C6H15NO2.CH2O2/c1-2-8-5-6-9-4-3-7;2-1-3/h2-7H2,1H3;1H,(H,2,3). The first-order valence-corrected chi connectivity index (χ1v) is 3.76. The van der Waals surface area contributed by atoms with Gasteiger partial charge in [-0.2, -0.15) is 0 Å². The Labute approximate surface area is 72.5 Å². The predicted molar refractivity (Wildman–Crippen MR) is 45.1 cm³/mol. The highest BCUT2D eigenvalue weighted by molar-refractivity contribution is 5.32. The number of rotatable bonds is 6. The molecule has 0 bridgehead atoms. The van der Waals surface area contributed by atoms with Crippen LogP contribution in [0.15, 0.2) is 0 Å². The SMILES string of the molecule is CCOCCOCCN.O=CO. The Morgan fingerprint density at radius 2 is 1.83 bits per heavy atom. The fourth-order valence-electron chi connectivity index (χ4n) is 0.448. The molecule has 0 spiro atoms. The molecule has 0 aliphatic rings. The van der Waals surface area contributed by atoms with Crippen molar-refractivity contribution in [2.45, 2.75) is 6.92 Å². The highest BCUT2D eigenvalue weighted by Crippen LogP contribution is 1.75. The minimum atomic E-state index is -0.250. The molecule has 0 amide bonds. The van der Waals surface area contributed by atoms with Gasteiger partial charge in [0.05, 0.1) is 19.8 Å². The molecule has 74 valence electrons. The van der Waals surface area contributed by atoms with Crippen molar-refractivity contribution in [3.05, 3.63) is 0 Å². The van der Waals surface area contributed by atoms with E-state index in [-0.39, 0.29) is 6.47 Å². The normalized spacial score (nSPS) is 8.50. The molecule has 0 aromatic carbocycles. The van der Waals surface area contributed by atoms with Crippen molar-refractivity contribution >= 4 is 6.47 Å². The molecule has 0 heterocycles. The Morgan fingerprint density at radius 3 is 2.25 bits per heavy atom. The zero-order valence-electron chi connectivity index (χ0n) is 7.36. The molecule has 0 aromatic heterocycles. The van der Waals surface area contributed by atoms with E-state index >= 15 is 0 Å². The number of carbonyl (C=O) groups is 1. The first-order chi connectivity index (χ1) is 5.83. The van der Waals surface area contributed by atoms with Crippen molar-refractivity contribution < 1.29 is 19.4 Å². The van der Waals surface area contributed by atoms with E-state index < -0.39 is 0 Å². The summed E-state index contributed by atoms with van der Waals surface area (Å²) >= 11 is 0. The number of hydrogen-bond acceptors (Lipinski definition) is 4. The van der Waals surface area contributed by atoms with Crippen LogP contribution in [0.3, 0.4) is 0 Å². The lowest BCUT2D eigenvalue weighted by Crippen LogP contribution is -2.11. The second-order valence-electron chi connectivity index (χ2n) is 1.70. The van der Waals surface area contributed by atoms with Crippen LogP contribution in [0.2, 0.25) is 0 Å². The van der Waals surface area contributed by atoms with Crippen LogP contribution < -0.4 is 5.73 Å².